The Hall–Kier alpha value is -1.14. The Balaban J connectivity index is 2.65. The molecule has 4 N–H and O–H groups in total. The van der Waals surface area contributed by atoms with Gasteiger partial charge >= 0.3 is 5.97 Å². The van der Waals surface area contributed by atoms with Crippen LogP contribution in [0, 0.1) is 5.41 Å². The molecule has 17 heavy (non-hydrogen) atoms. The standard InChI is InChI=1S/C11H20N2O4/c1-11(2)4-3-5-12-8(11)9(15)13-7(6-14)10(16)17/h7-8,12,14H,3-6H2,1-2H3,(H,13,15)(H,16,17)/t7-,8?/m1/s1. The van der Waals surface area contributed by atoms with Gasteiger partial charge in [0.15, 0.2) is 0 Å². The number of aliphatic hydroxyl groups excluding tert-OH is 1. The molecule has 0 spiro atoms. The number of amides is 1. The van der Waals surface area contributed by atoms with Crippen molar-refractivity contribution in [2.75, 3.05) is 13.2 Å². The molecule has 98 valence electrons. The predicted molar refractivity (Wildman–Crippen MR) is 61.5 cm³/mol. The lowest BCUT2D eigenvalue weighted by atomic mass is 9.77. The van der Waals surface area contributed by atoms with E-state index in [1.165, 1.54) is 0 Å². The lowest BCUT2D eigenvalue weighted by molar-refractivity contribution is -0.144. The van der Waals surface area contributed by atoms with E-state index in [1.54, 1.807) is 0 Å². The van der Waals surface area contributed by atoms with E-state index in [0.29, 0.717) is 0 Å². The van der Waals surface area contributed by atoms with Crippen molar-refractivity contribution in [2.45, 2.75) is 38.8 Å². The third-order valence-corrected chi connectivity index (χ3v) is 3.19. The molecule has 6 nitrogen and oxygen atoms in total. The van der Waals surface area contributed by atoms with Crippen LogP contribution in [-0.2, 0) is 9.59 Å². The van der Waals surface area contributed by atoms with Gasteiger partial charge in [-0.25, -0.2) is 4.79 Å². The largest absolute Gasteiger partial charge is 0.480 e. The molecule has 0 aromatic rings. The van der Waals surface area contributed by atoms with Crippen molar-refractivity contribution >= 4 is 11.9 Å². The Morgan fingerprint density at radius 3 is 2.65 bits per heavy atom. The molecule has 0 aromatic heterocycles. The summed E-state index contributed by atoms with van der Waals surface area (Å²) in [4.78, 5) is 22.7. The Labute approximate surface area is 100 Å². The second kappa shape index (κ2) is 5.46. The first-order valence-electron chi connectivity index (χ1n) is 5.76. The summed E-state index contributed by atoms with van der Waals surface area (Å²) in [6.07, 6.45) is 1.91. The number of carboxylic acid groups (broad SMARTS) is 1. The van der Waals surface area contributed by atoms with Crippen molar-refractivity contribution in [1.82, 2.24) is 10.6 Å². The molecule has 1 aliphatic rings. The van der Waals surface area contributed by atoms with Crippen LogP contribution in [0.15, 0.2) is 0 Å². The summed E-state index contributed by atoms with van der Waals surface area (Å²) in [6, 6.07) is -1.65. The molecule has 1 unspecified atom stereocenters. The van der Waals surface area contributed by atoms with Crippen LogP contribution in [0.25, 0.3) is 0 Å². The molecule has 6 heteroatoms. The number of hydrogen-bond donors (Lipinski definition) is 4. The van der Waals surface area contributed by atoms with Crippen LogP contribution in [0.2, 0.25) is 0 Å². The lowest BCUT2D eigenvalue weighted by Crippen LogP contribution is -2.58. The van der Waals surface area contributed by atoms with Crippen LogP contribution >= 0.6 is 0 Å². The number of aliphatic hydroxyl groups is 1. The second-order valence-corrected chi connectivity index (χ2v) is 5.06. The molecule has 1 amide bonds. The SMILES string of the molecule is CC1(C)CCCNC1C(=O)N[C@H](CO)C(=O)O. The van der Waals surface area contributed by atoms with Gasteiger partial charge in [0.25, 0.3) is 0 Å². The average Bonchev–Trinajstić information content (AvgIpc) is 2.24. The zero-order valence-corrected chi connectivity index (χ0v) is 10.2. The van der Waals surface area contributed by atoms with Crippen molar-refractivity contribution in [1.29, 1.82) is 0 Å². The van der Waals surface area contributed by atoms with Gasteiger partial charge in [0.1, 0.15) is 6.04 Å². The number of carboxylic acids is 1. The van der Waals surface area contributed by atoms with Crippen LogP contribution in [0.4, 0.5) is 0 Å². The minimum Gasteiger partial charge on any atom is -0.480 e. The Morgan fingerprint density at radius 2 is 2.18 bits per heavy atom. The second-order valence-electron chi connectivity index (χ2n) is 5.06. The van der Waals surface area contributed by atoms with Gasteiger partial charge in [-0.15, -0.1) is 0 Å². The first-order chi connectivity index (χ1) is 7.88. The summed E-state index contributed by atoms with van der Waals surface area (Å²) in [5.74, 6) is -1.59. The van der Waals surface area contributed by atoms with Crippen molar-refractivity contribution in [3.63, 3.8) is 0 Å². The molecule has 1 saturated heterocycles. The smallest absolute Gasteiger partial charge is 0.328 e. The highest BCUT2D eigenvalue weighted by Crippen LogP contribution is 2.30. The third-order valence-electron chi connectivity index (χ3n) is 3.19. The fourth-order valence-electron chi connectivity index (χ4n) is 2.10. The monoisotopic (exact) mass is 244 g/mol. The van der Waals surface area contributed by atoms with Gasteiger partial charge in [0.05, 0.1) is 12.6 Å². The number of carbonyl (C=O) groups excluding carboxylic acids is 1. The van der Waals surface area contributed by atoms with E-state index in [0.717, 1.165) is 19.4 Å². The maximum atomic E-state index is 11.9. The van der Waals surface area contributed by atoms with E-state index < -0.39 is 24.7 Å². The molecule has 1 heterocycles. The normalized spacial score (nSPS) is 25.0. The molecular formula is C11H20N2O4. The summed E-state index contributed by atoms with van der Waals surface area (Å²) < 4.78 is 0. The highest BCUT2D eigenvalue weighted by atomic mass is 16.4. The van der Waals surface area contributed by atoms with Crippen LogP contribution in [0.3, 0.4) is 0 Å². The average molecular weight is 244 g/mol. The lowest BCUT2D eigenvalue weighted by Gasteiger charge is -2.38. The quantitative estimate of drug-likeness (QED) is 0.525. The van der Waals surface area contributed by atoms with Crippen LogP contribution in [-0.4, -0.2) is 47.3 Å². The van der Waals surface area contributed by atoms with Gasteiger partial charge in [0, 0.05) is 0 Å². The fraction of sp³-hybridized carbons (Fsp3) is 0.818. The molecule has 1 fully saturated rings. The summed E-state index contributed by atoms with van der Waals surface area (Å²) >= 11 is 0. The van der Waals surface area contributed by atoms with Gasteiger partial charge in [-0.2, -0.15) is 0 Å². The van der Waals surface area contributed by atoms with Gasteiger partial charge in [-0.05, 0) is 24.8 Å². The van der Waals surface area contributed by atoms with Crippen molar-refractivity contribution in [3.05, 3.63) is 0 Å². The number of carbonyl (C=O) groups is 2. The first kappa shape index (κ1) is 13.9. The Kier molecular flexibility index (Phi) is 4.47. The number of aliphatic carboxylic acids is 1. The van der Waals surface area contributed by atoms with E-state index in [1.807, 2.05) is 13.8 Å². The first-order valence-corrected chi connectivity index (χ1v) is 5.76. The molecule has 2 atom stereocenters. The van der Waals surface area contributed by atoms with E-state index >= 15 is 0 Å². The number of nitrogens with one attached hydrogen (secondary N) is 2. The van der Waals surface area contributed by atoms with E-state index in [4.69, 9.17) is 10.2 Å². The zero-order valence-electron chi connectivity index (χ0n) is 10.2. The minimum atomic E-state index is -1.23. The Bertz CT molecular complexity index is 304. The molecule has 0 saturated carbocycles. The summed E-state index contributed by atoms with van der Waals surface area (Å²) in [5, 5.41) is 23.0. The van der Waals surface area contributed by atoms with Crippen molar-refractivity contribution < 1.29 is 19.8 Å². The highest BCUT2D eigenvalue weighted by molar-refractivity contribution is 5.87. The topological polar surface area (TPSA) is 98.7 Å². The molecule has 0 aliphatic carbocycles. The number of rotatable bonds is 4. The summed E-state index contributed by atoms with van der Waals surface area (Å²) in [5.41, 5.74) is -0.207. The molecule has 0 bridgehead atoms. The molecule has 0 aromatic carbocycles. The van der Waals surface area contributed by atoms with Gasteiger partial charge in [0.2, 0.25) is 5.91 Å². The summed E-state index contributed by atoms with van der Waals surface area (Å²) in [7, 11) is 0. The molecule has 1 rings (SSSR count). The highest BCUT2D eigenvalue weighted by Gasteiger charge is 2.38. The van der Waals surface area contributed by atoms with Crippen LogP contribution in [0.1, 0.15) is 26.7 Å². The van der Waals surface area contributed by atoms with Gasteiger partial charge in [-0.1, -0.05) is 13.8 Å². The molecular weight excluding hydrogens is 224 g/mol. The maximum Gasteiger partial charge on any atom is 0.328 e. The van der Waals surface area contributed by atoms with E-state index in [2.05, 4.69) is 10.6 Å². The van der Waals surface area contributed by atoms with Gasteiger partial charge < -0.3 is 20.8 Å². The van der Waals surface area contributed by atoms with Crippen LogP contribution in [0.5, 0.6) is 0 Å². The third kappa shape index (κ3) is 3.41. The molecule has 0 radical (unpaired) electrons. The fourth-order valence-corrected chi connectivity index (χ4v) is 2.10. The Morgan fingerprint density at radius 1 is 1.53 bits per heavy atom. The van der Waals surface area contributed by atoms with E-state index in [9.17, 15) is 9.59 Å². The molecule has 1 aliphatic heterocycles. The predicted octanol–water partition coefficient (Wildman–Crippen LogP) is -0.674. The summed E-state index contributed by atoms with van der Waals surface area (Å²) in [6.45, 7) is 4.09. The van der Waals surface area contributed by atoms with E-state index in [-0.39, 0.29) is 11.3 Å². The minimum absolute atomic E-state index is 0.207. The van der Waals surface area contributed by atoms with Crippen molar-refractivity contribution in [3.8, 4) is 0 Å². The zero-order chi connectivity index (χ0) is 13.1. The van der Waals surface area contributed by atoms with Gasteiger partial charge in [-0.3, -0.25) is 4.79 Å². The number of hydrogen-bond acceptors (Lipinski definition) is 4. The maximum absolute atomic E-state index is 11.9. The van der Waals surface area contributed by atoms with Crippen LogP contribution < -0.4 is 10.6 Å². The van der Waals surface area contributed by atoms with Crippen molar-refractivity contribution in [2.24, 2.45) is 5.41 Å². The number of piperidine rings is 1.